The molecule has 0 aliphatic rings. The van der Waals surface area contributed by atoms with Gasteiger partial charge in [0.25, 0.3) is 11.5 Å². The van der Waals surface area contributed by atoms with Gasteiger partial charge in [-0.2, -0.15) is 4.73 Å². The number of benzene rings is 1. The first kappa shape index (κ1) is 18.2. The Morgan fingerprint density at radius 1 is 1.31 bits per heavy atom. The number of pyridine rings is 1. The fourth-order valence-electron chi connectivity index (χ4n) is 2.21. The predicted octanol–water partition coefficient (Wildman–Crippen LogP) is 3.46. The summed E-state index contributed by atoms with van der Waals surface area (Å²) in [5, 5.41) is 3.69. The monoisotopic (exact) mass is 389 g/mol. The molecule has 1 N–H and O–H groups in total. The van der Waals surface area contributed by atoms with Gasteiger partial charge in [0.15, 0.2) is 5.13 Å². The number of nitrogens with one attached hydrogen (secondary N) is 1. The van der Waals surface area contributed by atoms with Gasteiger partial charge in [-0.1, -0.05) is 23.7 Å². The summed E-state index contributed by atoms with van der Waals surface area (Å²) in [5.41, 5.74) is 1.09. The molecule has 8 heteroatoms. The van der Waals surface area contributed by atoms with E-state index >= 15 is 0 Å². The summed E-state index contributed by atoms with van der Waals surface area (Å²) in [7, 11) is 0. The topological polar surface area (TPSA) is 73.2 Å². The molecule has 0 saturated heterocycles. The molecule has 0 saturated carbocycles. The van der Waals surface area contributed by atoms with E-state index in [0.717, 1.165) is 20.9 Å². The van der Waals surface area contributed by atoms with Crippen molar-refractivity contribution in [3.05, 3.63) is 79.7 Å². The molecule has 0 aliphatic carbocycles. The maximum Gasteiger partial charge on any atom is 0.295 e. The molecule has 1 aromatic carbocycles. The Morgan fingerprint density at radius 2 is 2.12 bits per heavy atom. The lowest BCUT2D eigenvalue weighted by atomic mass is 10.2. The standard InChI is InChI=1S/C18H16ClN3O3S/c1-11-12(2)26-18(20-11)21-16(23)15-7-4-8-22(17(15)24)25-10-13-5-3-6-14(19)9-13/h3-9H,10H2,1-2H3,(H,20,21,23). The second-order valence-electron chi connectivity index (χ2n) is 5.57. The summed E-state index contributed by atoms with van der Waals surface area (Å²) in [6.45, 7) is 3.93. The summed E-state index contributed by atoms with van der Waals surface area (Å²) in [4.78, 5) is 35.6. The van der Waals surface area contributed by atoms with Crippen LogP contribution in [0.15, 0.2) is 47.4 Å². The number of amides is 1. The van der Waals surface area contributed by atoms with Gasteiger partial charge >= 0.3 is 0 Å². The Bertz CT molecular complexity index is 993. The van der Waals surface area contributed by atoms with E-state index in [1.807, 2.05) is 19.9 Å². The normalized spacial score (nSPS) is 10.6. The Kier molecular flexibility index (Phi) is 5.39. The number of aryl methyl sites for hydroxylation is 2. The number of aromatic nitrogens is 2. The van der Waals surface area contributed by atoms with Crippen molar-refractivity contribution in [1.29, 1.82) is 0 Å². The summed E-state index contributed by atoms with van der Waals surface area (Å²) < 4.78 is 1.04. The molecule has 3 rings (SSSR count). The molecule has 1 amide bonds. The quantitative estimate of drug-likeness (QED) is 0.725. The largest absolute Gasteiger partial charge is 0.406 e. The van der Waals surface area contributed by atoms with Crippen molar-refractivity contribution in [2.45, 2.75) is 20.5 Å². The van der Waals surface area contributed by atoms with Crippen molar-refractivity contribution in [3.8, 4) is 0 Å². The first-order valence-corrected chi connectivity index (χ1v) is 8.98. The molecule has 2 heterocycles. The van der Waals surface area contributed by atoms with E-state index in [-0.39, 0.29) is 12.2 Å². The maximum absolute atomic E-state index is 12.5. The van der Waals surface area contributed by atoms with Gasteiger partial charge in [0.1, 0.15) is 12.2 Å². The zero-order valence-corrected chi connectivity index (χ0v) is 15.7. The highest BCUT2D eigenvalue weighted by Gasteiger charge is 2.15. The minimum Gasteiger partial charge on any atom is -0.406 e. The van der Waals surface area contributed by atoms with Gasteiger partial charge < -0.3 is 4.84 Å². The molecule has 26 heavy (non-hydrogen) atoms. The number of hydrogen-bond acceptors (Lipinski definition) is 5. The highest BCUT2D eigenvalue weighted by molar-refractivity contribution is 7.15. The maximum atomic E-state index is 12.5. The molecule has 0 atom stereocenters. The van der Waals surface area contributed by atoms with Crippen LogP contribution >= 0.6 is 22.9 Å². The summed E-state index contributed by atoms with van der Waals surface area (Å²) in [5.74, 6) is -0.524. The summed E-state index contributed by atoms with van der Waals surface area (Å²) >= 11 is 7.29. The molecule has 0 radical (unpaired) electrons. The molecule has 6 nitrogen and oxygen atoms in total. The lowest BCUT2D eigenvalue weighted by Gasteiger charge is -2.10. The zero-order valence-electron chi connectivity index (χ0n) is 14.2. The summed E-state index contributed by atoms with van der Waals surface area (Å²) in [6, 6.07) is 10.2. The Labute approximate surface area is 159 Å². The van der Waals surface area contributed by atoms with Crippen LogP contribution in [0.25, 0.3) is 0 Å². The number of anilines is 1. The minimum atomic E-state index is -0.544. The SMILES string of the molecule is Cc1nc(NC(=O)c2cccn(OCc3cccc(Cl)c3)c2=O)sc1C. The Hall–Kier alpha value is -2.64. The number of nitrogens with zero attached hydrogens (tertiary/aromatic N) is 2. The fraction of sp³-hybridized carbons (Fsp3) is 0.167. The minimum absolute atomic E-state index is 0.0240. The van der Waals surface area contributed by atoms with E-state index in [2.05, 4.69) is 10.3 Å². The molecule has 0 fully saturated rings. The lowest BCUT2D eigenvalue weighted by Crippen LogP contribution is -2.32. The number of rotatable bonds is 5. The first-order chi connectivity index (χ1) is 12.4. The third kappa shape index (κ3) is 4.12. The first-order valence-electron chi connectivity index (χ1n) is 7.79. The fourth-order valence-corrected chi connectivity index (χ4v) is 3.23. The number of halogens is 1. The van der Waals surface area contributed by atoms with Gasteiger partial charge in [0, 0.05) is 16.1 Å². The van der Waals surface area contributed by atoms with E-state index in [4.69, 9.17) is 16.4 Å². The second-order valence-corrected chi connectivity index (χ2v) is 7.21. The van der Waals surface area contributed by atoms with E-state index < -0.39 is 11.5 Å². The highest BCUT2D eigenvalue weighted by atomic mass is 35.5. The molecule has 134 valence electrons. The lowest BCUT2D eigenvalue weighted by molar-refractivity contribution is 0.0863. The van der Waals surface area contributed by atoms with Crippen LogP contribution in [-0.2, 0) is 6.61 Å². The van der Waals surface area contributed by atoms with Crippen molar-refractivity contribution >= 4 is 34.0 Å². The van der Waals surface area contributed by atoms with Crippen molar-refractivity contribution in [3.63, 3.8) is 0 Å². The highest BCUT2D eigenvalue weighted by Crippen LogP contribution is 2.21. The number of carbonyl (C=O) groups excluding carboxylic acids is 1. The van der Waals surface area contributed by atoms with Crippen LogP contribution in [0.2, 0.25) is 5.02 Å². The summed E-state index contributed by atoms with van der Waals surface area (Å²) in [6.07, 6.45) is 1.46. The number of thiazole rings is 1. The molecular formula is C18H16ClN3O3S. The molecule has 0 spiro atoms. The van der Waals surface area contributed by atoms with Crippen LogP contribution in [0, 0.1) is 13.8 Å². The predicted molar refractivity (Wildman–Crippen MR) is 102 cm³/mol. The Balaban J connectivity index is 1.76. The second kappa shape index (κ2) is 7.72. The van der Waals surface area contributed by atoms with E-state index in [0.29, 0.717) is 10.2 Å². The van der Waals surface area contributed by atoms with Gasteiger partial charge in [-0.3, -0.25) is 14.9 Å². The van der Waals surface area contributed by atoms with Crippen LogP contribution in [0.3, 0.4) is 0 Å². The van der Waals surface area contributed by atoms with Crippen LogP contribution < -0.4 is 15.7 Å². The van der Waals surface area contributed by atoms with Crippen molar-refractivity contribution < 1.29 is 9.63 Å². The van der Waals surface area contributed by atoms with E-state index in [9.17, 15) is 9.59 Å². The molecule has 0 aliphatic heterocycles. The van der Waals surface area contributed by atoms with Crippen LogP contribution in [0.5, 0.6) is 0 Å². The molecule has 0 unspecified atom stereocenters. The van der Waals surface area contributed by atoms with E-state index in [1.165, 1.54) is 23.6 Å². The molecule has 0 bridgehead atoms. The number of hydrogen-bond donors (Lipinski definition) is 1. The average Bonchev–Trinajstić information content (AvgIpc) is 2.91. The van der Waals surface area contributed by atoms with Gasteiger partial charge in [0.05, 0.1) is 5.69 Å². The van der Waals surface area contributed by atoms with Gasteiger partial charge in [0.2, 0.25) is 0 Å². The molecular weight excluding hydrogens is 374 g/mol. The zero-order chi connectivity index (χ0) is 18.7. The van der Waals surface area contributed by atoms with Gasteiger partial charge in [-0.05, 0) is 43.7 Å². The van der Waals surface area contributed by atoms with Gasteiger partial charge in [-0.25, -0.2) is 4.98 Å². The van der Waals surface area contributed by atoms with E-state index in [1.54, 1.807) is 24.3 Å². The smallest absolute Gasteiger partial charge is 0.295 e. The third-order valence-electron chi connectivity index (χ3n) is 3.67. The average molecular weight is 390 g/mol. The Morgan fingerprint density at radius 3 is 2.81 bits per heavy atom. The van der Waals surface area contributed by atoms with Crippen LogP contribution in [-0.4, -0.2) is 15.6 Å². The van der Waals surface area contributed by atoms with Crippen LogP contribution in [0.4, 0.5) is 5.13 Å². The number of carbonyl (C=O) groups is 1. The molecule has 3 aromatic rings. The van der Waals surface area contributed by atoms with Crippen LogP contribution in [0.1, 0.15) is 26.5 Å². The third-order valence-corrected chi connectivity index (χ3v) is 4.89. The van der Waals surface area contributed by atoms with Crippen molar-refractivity contribution in [1.82, 2.24) is 9.71 Å². The molecule has 2 aromatic heterocycles. The van der Waals surface area contributed by atoms with Crippen molar-refractivity contribution in [2.24, 2.45) is 0 Å². The van der Waals surface area contributed by atoms with Crippen molar-refractivity contribution in [2.75, 3.05) is 5.32 Å². The van der Waals surface area contributed by atoms with Gasteiger partial charge in [-0.15, -0.1) is 11.3 Å².